The first-order valence-corrected chi connectivity index (χ1v) is 8.26. The standard InChI is InChI=1S/C14H17N5O4S/c1-19(2)24(21,22)18-13-9-8-12(16-17-13)15-11-7-5-4-6-10(11)14(20)23-3/h4-9H,1-3H3,(H,15,16)(H,17,18). The normalized spacial score (nSPS) is 11.2. The van der Waals surface area contributed by atoms with Gasteiger partial charge in [-0.05, 0) is 24.3 Å². The zero-order valence-electron chi connectivity index (χ0n) is 13.3. The Morgan fingerprint density at radius 1 is 1.08 bits per heavy atom. The summed E-state index contributed by atoms with van der Waals surface area (Å²) < 4.78 is 31.4. The molecule has 0 radical (unpaired) electrons. The predicted molar refractivity (Wildman–Crippen MR) is 89.3 cm³/mol. The van der Waals surface area contributed by atoms with Crippen LogP contribution in [0.2, 0.25) is 0 Å². The number of esters is 1. The molecule has 0 aliphatic heterocycles. The number of rotatable bonds is 6. The van der Waals surface area contributed by atoms with Crippen LogP contribution in [0.3, 0.4) is 0 Å². The number of ether oxygens (including phenoxy) is 1. The minimum atomic E-state index is -3.65. The van der Waals surface area contributed by atoms with Gasteiger partial charge in [0, 0.05) is 14.1 Å². The first kappa shape index (κ1) is 17.6. The Bertz CT molecular complexity index is 821. The van der Waals surface area contributed by atoms with E-state index in [0.29, 0.717) is 17.1 Å². The number of benzene rings is 1. The lowest BCUT2D eigenvalue weighted by Gasteiger charge is -2.13. The van der Waals surface area contributed by atoms with Gasteiger partial charge in [-0.25, -0.2) is 4.79 Å². The van der Waals surface area contributed by atoms with Crippen molar-refractivity contribution < 1.29 is 17.9 Å². The van der Waals surface area contributed by atoms with Crippen LogP contribution in [-0.4, -0.2) is 50.1 Å². The Morgan fingerprint density at radius 3 is 2.29 bits per heavy atom. The van der Waals surface area contributed by atoms with E-state index in [9.17, 15) is 13.2 Å². The lowest BCUT2D eigenvalue weighted by Crippen LogP contribution is -2.29. The molecule has 0 saturated heterocycles. The van der Waals surface area contributed by atoms with Gasteiger partial charge in [0.25, 0.3) is 0 Å². The van der Waals surface area contributed by atoms with Crippen LogP contribution in [-0.2, 0) is 14.9 Å². The zero-order valence-corrected chi connectivity index (χ0v) is 14.2. The quantitative estimate of drug-likeness (QED) is 0.752. The van der Waals surface area contributed by atoms with Gasteiger partial charge in [0.05, 0.1) is 18.4 Å². The Morgan fingerprint density at radius 2 is 1.71 bits per heavy atom. The van der Waals surface area contributed by atoms with Crippen LogP contribution in [0.25, 0.3) is 0 Å². The molecule has 2 N–H and O–H groups in total. The number of anilines is 3. The van der Waals surface area contributed by atoms with Crippen molar-refractivity contribution in [1.29, 1.82) is 0 Å². The van der Waals surface area contributed by atoms with Crippen molar-refractivity contribution in [3.8, 4) is 0 Å². The summed E-state index contributed by atoms with van der Waals surface area (Å²) >= 11 is 0. The third-order valence-electron chi connectivity index (χ3n) is 2.97. The summed E-state index contributed by atoms with van der Waals surface area (Å²) in [7, 11) is 0.448. The van der Waals surface area contributed by atoms with Gasteiger partial charge in [0.2, 0.25) is 0 Å². The summed E-state index contributed by atoms with van der Waals surface area (Å²) in [5, 5.41) is 10.6. The highest BCUT2D eigenvalue weighted by Gasteiger charge is 2.15. The van der Waals surface area contributed by atoms with Crippen LogP contribution in [0.1, 0.15) is 10.4 Å². The second kappa shape index (κ2) is 7.23. The molecule has 10 heteroatoms. The molecule has 0 amide bonds. The van der Waals surface area contributed by atoms with Gasteiger partial charge in [0.1, 0.15) is 0 Å². The molecular weight excluding hydrogens is 334 g/mol. The maximum absolute atomic E-state index is 11.7. The molecular formula is C14H17N5O4S. The summed E-state index contributed by atoms with van der Waals surface area (Å²) in [5.41, 5.74) is 0.847. The van der Waals surface area contributed by atoms with E-state index >= 15 is 0 Å². The van der Waals surface area contributed by atoms with Crippen LogP contribution in [0.4, 0.5) is 17.3 Å². The van der Waals surface area contributed by atoms with Gasteiger partial charge in [-0.3, -0.25) is 4.72 Å². The Kier molecular flexibility index (Phi) is 5.31. The summed E-state index contributed by atoms with van der Waals surface area (Å²) in [5.74, 6) is -0.0592. The van der Waals surface area contributed by atoms with Crippen molar-refractivity contribution in [2.75, 3.05) is 31.2 Å². The van der Waals surface area contributed by atoms with Crippen molar-refractivity contribution in [2.45, 2.75) is 0 Å². The topological polar surface area (TPSA) is 114 Å². The van der Waals surface area contributed by atoms with Crippen LogP contribution in [0.15, 0.2) is 36.4 Å². The molecule has 1 heterocycles. The molecule has 0 fully saturated rings. The molecule has 0 atom stereocenters. The first-order valence-electron chi connectivity index (χ1n) is 6.82. The summed E-state index contributed by atoms with van der Waals surface area (Å²) in [6.07, 6.45) is 0. The highest BCUT2D eigenvalue weighted by atomic mass is 32.2. The minimum absolute atomic E-state index is 0.0792. The van der Waals surface area contributed by atoms with Crippen LogP contribution in [0, 0.1) is 0 Å². The molecule has 0 unspecified atom stereocenters. The van der Waals surface area contributed by atoms with E-state index in [4.69, 9.17) is 4.74 Å². The van der Waals surface area contributed by atoms with E-state index in [1.807, 2.05) is 0 Å². The third kappa shape index (κ3) is 4.18. The fourth-order valence-electron chi connectivity index (χ4n) is 1.69. The lowest BCUT2D eigenvalue weighted by molar-refractivity contribution is 0.0602. The van der Waals surface area contributed by atoms with Gasteiger partial charge in [0.15, 0.2) is 11.6 Å². The second-order valence-corrected chi connectivity index (χ2v) is 6.74. The molecule has 0 bridgehead atoms. The maximum atomic E-state index is 11.7. The molecule has 0 aliphatic rings. The largest absolute Gasteiger partial charge is 0.465 e. The summed E-state index contributed by atoms with van der Waals surface area (Å²) in [6.45, 7) is 0. The molecule has 1 aromatic heterocycles. The Labute approximate surface area is 139 Å². The van der Waals surface area contributed by atoms with E-state index in [-0.39, 0.29) is 5.82 Å². The van der Waals surface area contributed by atoms with E-state index in [0.717, 1.165) is 4.31 Å². The van der Waals surface area contributed by atoms with Crippen LogP contribution >= 0.6 is 0 Å². The highest BCUT2D eigenvalue weighted by Crippen LogP contribution is 2.20. The monoisotopic (exact) mass is 351 g/mol. The molecule has 9 nitrogen and oxygen atoms in total. The van der Waals surface area contributed by atoms with Crippen molar-refractivity contribution in [3.63, 3.8) is 0 Å². The number of carbonyl (C=O) groups excluding carboxylic acids is 1. The SMILES string of the molecule is COC(=O)c1ccccc1Nc1ccc(NS(=O)(=O)N(C)C)nn1. The first-order chi connectivity index (χ1) is 11.3. The number of nitrogens with one attached hydrogen (secondary N) is 2. The summed E-state index contributed by atoms with van der Waals surface area (Å²) in [6, 6.07) is 9.76. The lowest BCUT2D eigenvalue weighted by atomic mass is 10.2. The smallest absolute Gasteiger partial charge is 0.339 e. The van der Waals surface area contributed by atoms with Gasteiger partial charge in [-0.15, -0.1) is 10.2 Å². The van der Waals surface area contributed by atoms with E-state index in [2.05, 4.69) is 20.2 Å². The number of aromatic nitrogens is 2. The van der Waals surface area contributed by atoms with Crippen molar-refractivity contribution in [3.05, 3.63) is 42.0 Å². The minimum Gasteiger partial charge on any atom is -0.465 e. The van der Waals surface area contributed by atoms with E-state index < -0.39 is 16.2 Å². The fourth-order valence-corrected chi connectivity index (χ4v) is 2.25. The van der Waals surface area contributed by atoms with Crippen molar-refractivity contribution in [1.82, 2.24) is 14.5 Å². The van der Waals surface area contributed by atoms with Crippen molar-refractivity contribution in [2.24, 2.45) is 0 Å². The van der Waals surface area contributed by atoms with Gasteiger partial charge < -0.3 is 10.1 Å². The third-order valence-corrected chi connectivity index (χ3v) is 4.40. The fraction of sp³-hybridized carbons (Fsp3) is 0.214. The van der Waals surface area contributed by atoms with Crippen LogP contribution in [0.5, 0.6) is 0 Å². The Balaban J connectivity index is 2.17. The number of methoxy groups -OCH3 is 1. The van der Waals surface area contributed by atoms with Gasteiger partial charge in [-0.1, -0.05) is 12.1 Å². The molecule has 128 valence electrons. The summed E-state index contributed by atoms with van der Waals surface area (Å²) in [4.78, 5) is 11.7. The maximum Gasteiger partial charge on any atom is 0.339 e. The number of hydrogen-bond acceptors (Lipinski definition) is 7. The number of nitrogens with zero attached hydrogens (tertiary/aromatic N) is 3. The Hall–Kier alpha value is -2.72. The van der Waals surface area contributed by atoms with Crippen molar-refractivity contribution >= 4 is 33.5 Å². The molecule has 2 rings (SSSR count). The van der Waals surface area contributed by atoms with Crippen LogP contribution < -0.4 is 10.0 Å². The number of carbonyl (C=O) groups is 1. The van der Waals surface area contributed by atoms with E-state index in [1.165, 1.54) is 33.3 Å². The molecule has 24 heavy (non-hydrogen) atoms. The van der Waals surface area contributed by atoms with E-state index in [1.54, 1.807) is 24.3 Å². The highest BCUT2D eigenvalue weighted by molar-refractivity contribution is 7.90. The molecule has 2 aromatic rings. The number of hydrogen-bond donors (Lipinski definition) is 2. The molecule has 0 spiro atoms. The average molecular weight is 351 g/mol. The average Bonchev–Trinajstić information content (AvgIpc) is 2.56. The molecule has 0 saturated carbocycles. The predicted octanol–water partition coefficient (Wildman–Crippen LogP) is 1.23. The van der Waals surface area contributed by atoms with Gasteiger partial charge >= 0.3 is 16.2 Å². The number of para-hydroxylation sites is 1. The molecule has 0 aliphatic carbocycles. The van der Waals surface area contributed by atoms with Gasteiger partial charge in [-0.2, -0.15) is 12.7 Å². The zero-order chi connectivity index (χ0) is 17.7. The second-order valence-electron chi connectivity index (χ2n) is 4.86. The molecule has 1 aromatic carbocycles.